The van der Waals surface area contributed by atoms with E-state index in [-0.39, 0.29) is 5.56 Å². The third-order valence-corrected chi connectivity index (χ3v) is 3.41. The topological polar surface area (TPSA) is 69.9 Å². The largest absolute Gasteiger partial charge is 0.481 e. The molecule has 2 rings (SSSR count). The molecule has 2 aromatic rings. The summed E-state index contributed by atoms with van der Waals surface area (Å²) in [7, 11) is 0. The lowest BCUT2D eigenvalue weighted by Gasteiger charge is -2.16. The lowest BCUT2D eigenvalue weighted by Crippen LogP contribution is -2.32. The summed E-state index contributed by atoms with van der Waals surface area (Å²) in [5, 5.41) is 20.5. The molecule has 0 heterocycles. The van der Waals surface area contributed by atoms with Gasteiger partial charge in [0.15, 0.2) is 5.71 Å². The highest BCUT2D eigenvalue weighted by atomic mass is 35.5. The zero-order valence-corrected chi connectivity index (χ0v) is 12.5. The minimum atomic E-state index is -3.78. The Morgan fingerprint density at radius 2 is 1.52 bits per heavy atom. The molecule has 0 saturated heterocycles. The summed E-state index contributed by atoms with van der Waals surface area (Å²) in [6.45, 7) is 0. The normalized spacial score (nSPS) is 12.2. The first kappa shape index (κ1) is 16.9. The maximum Gasteiger partial charge on any atom is 0.309 e. The average Bonchev–Trinajstić information content (AvgIpc) is 2.48. The van der Waals surface area contributed by atoms with Crippen LogP contribution in [0.3, 0.4) is 0 Å². The number of hydrogen-bond donors (Lipinski definition) is 2. The molecular formula is C16H12ClF2NO3. The van der Waals surface area contributed by atoms with Crippen LogP contribution in [0.4, 0.5) is 8.78 Å². The molecule has 0 saturated carbocycles. The third-order valence-electron chi connectivity index (χ3n) is 3.16. The summed E-state index contributed by atoms with van der Waals surface area (Å²) in [4.78, 5) is 10.5. The first-order valence-corrected chi connectivity index (χ1v) is 6.90. The average molecular weight is 340 g/mol. The molecule has 0 unspecified atom stereocenters. The highest BCUT2D eigenvalue weighted by Gasteiger charge is 2.40. The molecule has 0 atom stereocenters. The van der Waals surface area contributed by atoms with Crippen LogP contribution in [0.15, 0.2) is 53.7 Å². The maximum absolute atomic E-state index is 13.8. The van der Waals surface area contributed by atoms with Crippen LogP contribution in [0.5, 0.6) is 0 Å². The zero-order chi connectivity index (χ0) is 17.0. The molecule has 0 amide bonds. The number of halogens is 3. The van der Waals surface area contributed by atoms with Crippen molar-refractivity contribution in [3.05, 3.63) is 59.1 Å². The summed E-state index contributed by atoms with van der Waals surface area (Å²) in [6, 6.07) is 12.8. The predicted molar refractivity (Wildman–Crippen MR) is 82.4 cm³/mol. The van der Waals surface area contributed by atoms with E-state index in [1.807, 2.05) is 0 Å². The molecule has 0 aliphatic carbocycles. The maximum atomic E-state index is 13.8. The summed E-state index contributed by atoms with van der Waals surface area (Å²) in [5.74, 6) is -5.46. The van der Waals surface area contributed by atoms with Crippen molar-refractivity contribution in [1.29, 1.82) is 0 Å². The SMILES string of the molecule is O=C(O)CC(F)(F)/C(=N\O)c1ccc(-c2ccc(Cl)cc2)cc1. The van der Waals surface area contributed by atoms with E-state index >= 15 is 0 Å². The van der Waals surface area contributed by atoms with Crippen molar-refractivity contribution in [3.8, 4) is 11.1 Å². The van der Waals surface area contributed by atoms with Crippen LogP contribution in [0, 0.1) is 0 Å². The fourth-order valence-corrected chi connectivity index (χ4v) is 2.20. The van der Waals surface area contributed by atoms with E-state index in [1.54, 1.807) is 36.4 Å². The molecular weight excluding hydrogens is 328 g/mol. The number of oxime groups is 1. The van der Waals surface area contributed by atoms with Crippen LogP contribution in [-0.2, 0) is 4.79 Å². The van der Waals surface area contributed by atoms with E-state index in [4.69, 9.17) is 21.9 Å². The smallest absolute Gasteiger partial charge is 0.309 e. The molecule has 120 valence electrons. The number of benzene rings is 2. The highest BCUT2D eigenvalue weighted by Crippen LogP contribution is 2.27. The standard InChI is InChI=1S/C16H12ClF2NO3/c17-13-7-5-11(6-8-13)10-1-3-12(4-2-10)15(20-23)16(18,19)9-14(21)22/h1-8,23H,9H2,(H,21,22)/b20-15-. The van der Waals surface area contributed by atoms with E-state index in [0.717, 1.165) is 11.1 Å². The Morgan fingerprint density at radius 3 is 1.96 bits per heavy atom. The van der Waals surface area contributed by atoms with Gasteiger partial charge >= 0.3 is 11.9 Å². The Morgan fingerprint density at radius 1 is 1.04 bits per heavy atom. The second-order valence-electron chi connectivity index (χ2n) is 4.81. The van der Waals surface area contributed by atoms with Crippen molar-refractivity contribution < 1.29 is 23.9 Å². The lowest BCUT2D eigenvalue weighted by molar-refractivity contribution is -0.141. The lowest BCUT2D eigenvalue weighted by atomic mass is 9.98. The minimum Gasteiger partial charge on any atom is -0.481 e. The van der Waals surface area contributed by atoms with E-state index in [9.17, 15) is 13.6 Å². The first-order chi connectivity index (χ1) is 10.8. The van der Waals surface area contributed by atoms with Gasteiger partial charge in [-0.25, -0.2) is 0 Å². The minimum absolute atomic E-state index is 0.0588. The van der Waals surface area contributed by atoms with Crippen LogP contribution in [-0.4, -0.2) is 27.9 Å². The van der Waals surface area contributed by atoms with Crippen LogP contribution >= 0.6 is 11.6 Å². The number of carbonyl (C=O) groups is 1. The molecule has 4 nitrogen and oxygen atoms in total. The molecule has 2 N–H and O–H groups in total. The van der Waals surface area contributed by atoms with Gasteiger partial charge in [-0.2, -0.15) is 8.78 Å². The van der Waals surface area contributed by atoms with Gasteiger partial charge < -0.3 is 10.3 Å². The van der Waals surface area contributed by atoms with E-state index < -0.39 is 24.0 Å². The molecule has 2 aromatic carbocycles. The zero-order valence-electron chi connectivity index (χ0n) is 11.7. The number of hydrogen-bond acceptors (Lipinski definition) is 3. The second kappa shape index (κ2) is 6.75. The number of carboxylic acids is 1. The van der Waals surface area contributed by atoms with Crippen molar-refractivity contribution in [3.63, 3.8) is 0 Å². The quantitative estimate of drug-likeness (QED) is 0.485. The summed E-state index contributed by atoms with van der Waals surface area (Å²) >= 11 is 5.80. The van der Waals surface area contributed by atoms with Crippen molar-refractivity contribution in [2.45, 2.75) is 12.3 Å². The van der Waals surface area contributed by atoms with Crippen molar-refractivity contribution in [1.82, 2.24) is 0 Å². The van der Waals surface area contributed by atoms with Crippen LogP contribution in [0.25, 0.3) is 11.1 Å². The summed E-state index contributed by atoms with van der Waals surface area (Å²) in [6.07, 6.45) is -1.45. The number of rotatable bonds is 5. The fourth-order valence-electron chi connectivity index (χ4n) is 2.08. The van der Waals surface area contributed by atoms with Crippen LogP contribution in [0.2, 0.25) is 5.02 Å². The number of nitrogens with zero attached hydrogens (tertiary/aromatic N) is 1. The molecule has 0 radical (unpaired) electrons. The fraction of sp³-hybridized carbons (Fsp3) is 0.125. The first-order valence-electron chi connectivity index (χ1n) is 6.52. The van der Waals surface area contributed by atoms with Gasteiger partial charge in [0.25, 0.3) is 0 Å². The van der Waals surface area contributed by atoms with Gasteiger partial charge in [0.05, 0.1) is 0 Å². The van der Waals surface area contributed by atoms with Crippen molar-refractivity contribution >= 4 is 23.3 Å². The Hall–Kier alpha value is -2.47. The van der Waals surface area contributed by atoms with Gasteiger partial charge in [0.1, 0.15) is 6.42 Å². The third kappa shape index (κ3) is 4.04. The molecule has 7 heteroatoms. The molecule has 0 aliphatic rings. The van der Waals surface area contributed by atoms with Gasteiger partial charge in [0.2, 0.25) is 0 Å². The van der Waals surface area contributed by atoms with Gasteiger partial charge in [0, 0.05) is 10.6 Å². The molecule has 0 fully saturated rings. The van der Waals surface area contributed by atoms with Gasteiger partial charge in [-0.05, 0) is 23.3 Å². The second-order valence-corrected chi connectivity index (χ2v) is 5.24. The molecule has 0 spiro atoms. The van der Waals surface area contributed by atoms with E-state index in [1.165, 1.54) is 12.1 Å². The Kier molecular flexibility index (Phi) is 4.95. The Labute approximate surface area is 135 Å². The van der Waals surface area contributed by atoms with Crippen LogP contribution in [0.1, 0.15) is 12.0 Å². The predicted octanol–water partition coefficient (Wildman–Crippen LogP) is 4.30. The molecule has 0 aromatic heterocycles. The van der Waals surface area contributed by atoms with E-state index in [0.29, 0.717) is 5.02 Å². The number of carboxylic acid groups (broad SMARTS) is 1. The van der Waals surface area contributed by atoms with Crippen LogP contribution < -0.4 is 0 Å². The highest BCUT2D eigenvalue weighted by molar-refractivity contribution is 6.30. The monoisotopic (exact) mass is 339 g/mol. The van der Waals surface area contributed by atoms with Gasteiger partial charge in [-0.1, -0.05) is 53.2 Å². The van der Waals surface area contributed by atoms with Gasteiger partial charge in [-0.15, -0.1) is 0 Å². The summed E-state index contributed by atoms with van der Waals surface area (Å²) < 4.78 is 27.6. The van der Waals surface area contributed by atoms with Crippen molar-refractivity contribution in [2.75, 3.05) is 0 Å². The van der Waals surface area contributed by atoms with Gasteiger partial charge in [-0.3, -0.25) is 4.79 Å². The molecule has 0 aliphatic heterocycles. The Balaban J connectivity index is 2.30. The molecule has 23 heavy (non-hydrogen) atoms. The molecule has 0 bridgehead atoms. The summed E-state index contributed by atoms with van der Waals surface area (Å²) in [5.41, 5.74) is 0.545. The number of aliphatic carboxylic acids is 1. The number of alkyl halides is 2. The Bertz CT molecular complexity index is 728. The van der Waals surface area contributed by atoms with E-state index in [2.05, 4.69) is 5.16 Å². The van der Waals surface area contributed by atoms with Crippen molar-refractivity contribution in [2.24, 2.45) is 5.16 Å².